The maximum absolute atomic E-state index is 11.7. The molecule has 3 amide bonds. The molecule has 0 radical (unpaired) electrons. The third kappa shape index (κ3) is 6.76. The molecule has 19 heavy (non-hydrogen) atoms. The first-order chi connectivity index (χ1) is 8.65. The molecule has 0 aromatic heterocycles. The van der Waals surface area contributed by atoms with Crippen LogP contribution in [0.5, 0.6) is 0 Å². The van der Waals surface area contributed by atoms with E-state index < -0.39 is 0 Å². The number of rotatable bonds is 6. The molecule has 0 aliphatic rings. The fourth-order valence-corrected chi connectivity index (χ4v) is 1.17. The summed E-state index contributed by atoms with van der Waals surface area (Å²) in [4.78, 5) is 40.9. The lowest BCUT2D eigenvalue weighted by atomic mass is 10.3. The number of hydrogen-bond donors (Lipinski definition) is 0. The second-order valence-corrected chi connectivity index (χ2v) is 5.01. The Morgan fingerprint density at radius 1 is 0.579 bits per heavy atom. The van der Waals surface area contributed by atoms with Crippen molar-refractivity contribution in [3.63, 3.8) is 0 Å². The Labute approximate surface area is 114 Å². The van der Waals surface area contributed by atoms with Gasteiger partial charge in [-0.15, -0.1) is 0 Å². The van der Waals surface area contributed by atoms with Crippen LogP contribution in [0.25, 0.3) is 0 Å². The smallest absolute Gasteiger partial charge is 0.236 e. The van der Waals surface area contributed by atoms with E-state index >= 15 is 0 Å². The zero-order valence-corrected chi connectivity index (χ0v) is 12.6. The molecule has 0 atom stereocenters. The fraction of sp³-hybridized carbons (Fsp3) is 0.750. The Hall–Kier alpha value is -1.63. The van der Waals surface area contributed by atoms with Gasteiger partial charge in [0.2, 0.25) is 17.7 Å². The van der Waals surface area contributed by atoms with Crippen molar-refractivity contribution in [3.8, 4) is 0 Å². The van der Waals surface area contributed by atoms with Gasteiger partial charge in [0.1, 0.15) is 0 Å². The first-order valence-electron chi connectivity index (χ1n) is 5.98. The molecule has 0 saturated heterocycles. The predicted octanol–water partition coefficient (Wildman–Crippen LogP) is -1.45. The molecule has 7 heteroatoms. The van der Waals surface area contributed by atoms with E-state index in [1.54, 1.807) is 47.2 Å². The monoisotopic (exact) mass is 272 g/mol. The average molecular weight is 272 g/mol. The SMILES string of the molecule is CN(C)C(=O)CN(CC(=O)N(C)C)CC(=O)N(C)C. The quantitative estimate of drug-likeness (QED) is 0.594. The van der Waals surface area contributed by atoms with Crippen molar-refractivity contribution in [2.75, 3.05) is 61.9 Å². The van der Waals surface area contributed by atoms with Gasteiger partial charge in [0.05, 0.1) is 19.6 Å². The molecule has 0 bridgehead atoms. The summed E-state index contributed by atoms with van der Waals surface area (Å²) in [6, 6.07) is 0. The van der Waals surface area contributed by atoms with Crippen molar-refractivity contribution in [2.45, 2.75) is 0 Å². The van der Waals surface area contributed by atoms with Gasteiger partial charge in [0.25, 0.3) is 0 Å². The molecule has 0 spiro atoms. The summed E-state index contributed by atoms with van der Waals surface area (Å²) in [7, 11) is 9.85. The van der Waals surface area contributed by atoms with E-state index in [-0.39, 0.29) is 37.4 Å². The Kier molecular flexibility index (Phi) is 7.06. The van der Waals surface area contributed by atoms with E-state index in [0.717, 1.165) is 0 Å². The van der Waals surface area contributed by atoms with Crippen LogP contribution in [-0.2, 0) is 14.4 Å². The molecule has 0 aliphatic carbocycles. The summed E-state index contributed by atoms with van der Waals surface area (Å²) >= 11 is 0. The highest BCUT2D eigenvalue weighted by Gasteiger charge is 2.20. The molecule has 7 nitrogen and oxygen atoms in total. The number of hydrogen-bond acceptors (Lipinski definition) is 4. The van der Waals surface area contributed by atoms with Gasteiger partial charge in [-0.1, -0.05) is 0 Å². The molecule has 0 saturated carbocycles. The summed E-state index contributed by atoms with van der Waals surface area (Å²) in [5.74, 6) is -0.422. The van der Waals surface area contributed by atoms with E-state index in [9.17, 15) is 14.4 Å². The van der Waals surface area contributed by atoms with E-state index in [2.05, 4.69) is 0 Å². The van der Waals surface area contributed by atoms with E-state index in [1.807, 2.05) is 0 Å². The number of carbonyl (C=O) groups excluding carboxylic acids is 3. The van der Waals surface area contributed by atoms with Crippen molar-refractivity contribution >= 4 is 17.7 Å². The summed E-state index contributed by atoms with van der Waals surface area (Å²) in [6.07, 6.45) is 0. The van der Waals surface area contributed by atoms with Crippen LogP contribution in [-0.4, -0.2) is 99.2 Å². The number of amides is 3. The molecule has 0 rings (SSSR count). The van der Waals surface area contributed by atoms with Crippen LogP contribution in [0.1, 0.15) is 0 Å². The third-order valence-electron chi connectivity index (χ3n) is 2.57. The Bertz CT molecular complexity index is 288. The molecule has 0 N–H and O–H groups in total. The van der Waals surface area contributed by atoms with Gasteiger partial charge < -0.3 is 14.7 Å². The topological polar surface area (TPSA) is 64.2 Å². The van der Waals surface area contributed by atoms with Gasteiger partial charge in [-0.3, -0.25) is 19.3 Å². The zero-order chi connectivity index (χ0) is 15.2. The third-order valence-corrected chi connectivity index (χ3v) is 2.57. The minimum Gasteiger partial charge on any atom is -0.348 e. The van der Waals surface area contributed by atoms with Crippen LogP contribution < -0.4 is 0 Å². The summed E-state index contributed by atoms with van der Waals surface area (Å²) in [5.41, 5.74) is 0. The maximum atomic E-state index is 11.7. The molecule has 0 aliphatic heterocycles. The first-order valence-corrected chi connectivity index (χ1v) is 5.98. The van der Waals surface area contributed by atoms with Crippen molar-refractivity contribution < 1.29 is 14.4 Å². The average Bonchev–Trinajstić information content (AvgIpc) is 2.27. The maximum Gasteiger partial charge on any atom is 0.236 e. The van der Waals surface area contributed by atoms with Crippen LogP contribution in [0.4, 0.5) is 0 Å². The van der Waals surface area contributed by atoms with Gasteiger partial charge in [0, 0.05) is 42.3 Å². The molecule has 0 unspecified atom stereocenters. The van der Waals surface area contributed by atoms with Gasteiger partial charge in [0.15, 0.2) is 0 Å². The largest absolute Gasteiger partial charge is 0.348 e. The molecular formula is C12H24N4O3. The lowest BCUT2D eigenvalue weighted by molar-refractivity contribution is -0.136. The van der Waals surface area contributed by atoms with Crippen LogP contribution in [0.2, 0.25) is 0 Å². The minimum atomic E-state index is -0.141. The summed E-state index contributed by atoms with van der Waals surface area (Å²) < 4.78 is 0. The van der Waals surface area contributed by atoms with Crippen molar-refractivity contribution in [1.82, 2.24) is 19.6 Å². The van der Waals surface area contributed by atoms with E-state index in [0.29, 0.717) is 0 Å². The number of nitrogens with zero attached hydrogens (tertiary/aromatic N) is 4. The molecule has 0 fully saturated rings. The highest BCUT2D eigenvalue weighted by molar-refractivity contribution is 5.83. The van der Waals surface area contributed by atoms with E-state index in [1.165, 1.54) is 14.7 Å². The Morgan fingerprint density at radius 2 is 0.789 bits per heavy atom. The van der Waals surface area contributed by atoms with Crippen molar-refractivity contribution in [2.24, 2.45) is 0 Å². The normalized spacial score (nSPS) is 10.3. The van der Waals surface area contributed by atoms with Crippen LogP contribution >= 0.6 is 0 Å². The number of carbonyl (C=O) groups is 3. The Morgan fingerprint density at radius 3 is 0.947 bits per heavy atom. The predicted molar refractivity (Wildman–Crippen MR) is 72.5 cm³/mol. The van der Waals surface area contributed by atoms with Crippen LogP contribution in [0, 0.1) is 0 Å². The zero-order valence-electron chi connectivity index (χ0n) is 12.6. The van der Waals surface area contributed by atoms with Crippen molar-refractivity contribution in [3.05, 3.63) is 0 Å². The lowest BCUT2D eigenvalue weighted by Gasteiger charge is -2.25. The Balaban J connectivity index is 4.68. The fourth-order valence-electron chi connectivity index (χ4n) is 1.17. The summed E-state index contributed by atoms with van der Waals surface area (Å²) in [6.45, 7) is 0.143. The second-order valence-electron chi connectivity index (χ2n) is 5.01. The van der Waals surface area contributed by atoms with Crippen LogP contribution in [0.3, 0.4) is 0 Å². The first kappa shape index (κ1) is 17.4. The number of likely N-dealkylation sites (N-methyl/N-ethyl adjacent to an activating group) is 3. The summed E-state index contributed by atoms with van der Waals surface area (Å²) in [5, 5.41) is 0. The molecule has 0 aromatic rings. The van der Waals surface area contributed by atoms with Gasteiger partial charge in [-0.05, 0) is 0 Å². The van der Waals surface area contributed by atoms with Crippen LogP contribution in [0.15, 0.2) is 0 Å². The van der Waals surface area contributed by atoms with Gasteiger partial charge in [-0.2, -0.15) is 0 Å². The molecule has 0 heterocycles. The minimum absolute atomic E-state index is 0.0478. The standard InChI is InChI=1S/C12H24N4O3/c1-13(2)10(17)7-16(8-11(18)14(3)4)9-12(19)15(5)6/h7-9H2,1-6H3. The highest BCUT2D eigenvalue weighted by Crippen LogP contribution is 1.95. The van der Waals surface area contributed by atoms with E-state index in [4.69, 9.17) is 0 Å². The van der Waals surface area contributed by atoms with Gasteiger partial charge >= 0.3 is 0 Å². The molecular weight excluding hydrogens is 248 g/mol. The molecule has 0 aromatic carbocycles. The molecule has 110 valence electrons. The highest BCUT2D eigenvalue weighted by atomic mass is 16.2. The van der Waals surface area contributed by atoms with Crippen molar-refractivity contribution in [1.29, 1.82) is 0 Å². The second kappa shape index (κ2) is 7.73. The van der Waals surface area contributed by atoms with Gasteiger partial charge in [-0.25, -0.2) is 0 Å². The lowest BCUT2D eigenvalue weighted by Crippen LogP contribution is -2.46.